The summed E-state index contributed by atoms with van der Waals surface area (Å²) < 4.78 is 50.2. The molecule has 130 valence electrons. The van der Waals surface area contributed by atoms with Crippen molar-refractivity contribution in [2.75, 3.05) is 11.9 Å². The summed E-state index contributed by atoms with van der Waals surface area (Å²) in [5, 5.41) is 10.1. The van der Waals surface area contributed by atoms with Gasteiger partial charge in [0, 0.05) is 24.7 Å². The number of aromatic amines is 1. The van der Waals surface area contributed by atoms with Crippen LogP contribution in [0.25, 0.3) is 0 Å². The zero-order valence-corrected chi connectivity index (χ0v) is 14.2. The molecule has 0 aliphatic heterocycles. The number of benzene rings is 1. The number of rotatable bonds is 7. The summed E-state index contributed by atoms with van der Waals surface area (Å²) in [7, 11) is -4.55. The number of nitrogens with zero attached hydrogens (tertiary/aromatic N) is 2. The quantitative estimate of drug-likeness (QED) is 0.729. The molecule has 0 spiro atoms. The van der Waals surface area contributed by atoms with Crippen molar-refractivity contribution in [3.05, 3.63) is 34.9 Å². The largest absolute Gasteiger partial charge is 0.383 e. The van der Waals surface area contributed by atoms with Gasteiger partial charge in [0.1, 0.15) is 5.82 Å². The Morgan fingerprint density at radius 3 is 2.58 bits per heavy atom. The number of halogens is 2. The number of sulfone groups is 1. The van der Waals surface area contributed by atoms with Crippen LogP contribution in [0.3, 0.4) is 0 Å². The van der Waals surface area contributed by atoms with Crippen molar-refractivity contribution >= 4 is 27.7 Å². The first kappa shape index (κ1) is 17.0. The third-order valence-electron chi connectivity index (χ3n) is 3.81. The molecule has 0 bridgehead atoms. The van der Waals surface area contributed by atoms with Gasteiger partial charge in [0.25, 0.3) is 0 Å². The molecule has 0 unspecified atom stereocenters. The van der Waals surface area contributed by atoms with E-state index in [0.29, 0.717) is 29.5 Å². The Morgan fingerprint density at radius 1 is 1.33 bits per heavy atom. The lowest BCUT2D eigenvalue weighted by atomic mass is 10.3. The smallest absolute Gasteiger partial charge is 0.341 e. The Labute approximate surface area is 142 Å². The maximum absolute atomic E-state index is 12.5. The van der Waals surface area contributed by atoms with E-state index in [1.54, 1.807) is 0 Å². The van der Waals surface area contributed by atoms with E-state index >= 15 is 0 Å². The highest BCUT2D eigenvalue weighted by Crippen LogP contribution is 2.38. The molecule has 1 heterocycles. The summed E-state index contributed by atoms with van der Waals surface area (Å²) in [5.41, 5.74) is 0.645. The molecule has 6 nitrogen and oxygen atoms in total. The third-order valence-corrected chi connectivity index (χ3v) is 5.52. The van der Waals surface area contributed by atoms with Crippen molar-refractivity contribution in [2.45, 2.75) is 36.0 Å². The van der Waals surface area contributed by atoms with Gasteiger partial charge in [-0.3, -0.25) is 5.10 Å². The lowest BCUT2D eigenvalue weighted by molar-refractivity contribution is 0.234. The molecule has 0 radical (unpaired) electrons. The molecule has 1 aliphatic carbocycles. The second-order valence-electron chi connectivity index (χ2n) is 5.57. The number of aromatic nitrogens is 3. The van der Waals surface area contributed by atoms with Crippen LogP contribution in [0.4, 0.5) is 14.5 Å². The van der Waals surface area contributed by atoms with Crippen molar-refractivity contribution in [3.8, 4) is 0 Å². The minimum absolute atomic E-state index is 0.392. The molecule has 2 N–H and O–H groups in total. The lowest BCUT2D eigenvalue weighted by Gasteiger charge is -2.10. The Kier molecular flexibility index (Phi) is 4.68. The molecular weight excluding hydrogens is 358 g/mol. The van der Waals surface area contributed by atoms with Gasteiger partial charge in [-0.1, -0.05) is 0 Å². The second kappa shape index (κ2) is 6.60. The molecule has 1 fully saturated rings. The summed E-state index contributed by atoms with van der Waals surface area (Å²) in [6.45, 7) is 1.16. The van der Waals surface area contributed by atoms with E-state index in [1.807, 2.05) is 4.57 Å². The summed E-state index contributed by atoms with van der Waals surface area (Å²) in [6.07, 6.45) is 2.24. The Bertz CT molecular complexity index is 871. The van der Waals surface area contributed by atoms with E-state index < -0.39 is 20.5 Å². The SMILES string of the molecule is O=S(=O)(c1ccc(NCCn2c(C3CC3)n[nH]c2=S)cc1)C(F)F. The van der Waals surface area contributed by atoms with Gasteiger partial charge in [0.2, 0.25) is 9.84 Å². The number of nitrogens with one attached hydrogen (secondary N) is 2. The number of anilines is 1. The van der Waals surface area contributed by atoms with Crippen molar-refractivity contribution < 1.29 is 17.2 Å². The number of H-pyrrole nitrogens is 1. The van der Waals surface area contributed by atoms with Gasteiger partial charge in [0.15, 0.2) is 4.77 Å². The van der Waals surface area contributed by atoms with Crippen LogP contribution in [0.1, 0.15) is 24.6 Å². The standard InChI is InChI=1S/C14H16F2N4O2S2/c15-13(16)24(21,22)11-5-3-10(4-6-11)17-7-8-20-12(9-1-2-9)18-19-14(20)23/h3-6,9,13,17H,1-2,7-8H2,(H,19,23). The topological polar surface area (TPSA) is 79.8 Å². The van der Waals surface area contributed by atoms with Gasteiger partial charge < -0.3 is 9.88 Å². The molecule has 0 atom stereocenters. The van der Waals surface area contributed by atoms with Gasteiger partial charge in [-0.15, -0.1) is 0 Å². The minimum Gasteiger partial charge on any atom is -0.383 e. The molecule has 2 aromatic rings. The van der Waals surface area contributed by atoms with E-state index in [4.69, 9.17) is 12.2 Å². The van der Waals surface area contributed by atoms with Gasteiger partial charge in [-0.25, -0.2) is 8.42 Å². The van der Waals surface area contributed by atoms with Crippen LogP contribution in [0.2, 0.25) is 0 Å². The number of hydrogen-bond acceptors (Lipinski definition) is 5. The number of hydrogen-bond donors (Lipinski definition) is 2. The first-order valence-corrected chi connectivity index (χ1v) is 9.36. The second-order valence-corrected chi connectivity index (χ2v) is 7.87. The van der Waals surface area contributed by atoms with Crippen LogP contribution >= 0.6 is 12.2 Å². The molecule has 1 saturated carbocycles. The Hall–Kier alpha value is -1.81. The Morgan fingerprint density at radius 2 is 2.00 bits per heavy atom. The first-order chi connectivity index (χ1) is 11.4. The molecule has 0 amide bonds. The van der Waals surface area contributed by atoms with Crippen molar-refractivity contribution in [3.63, 3.8) is 0 Å². The van der Waals surface area contributed by atoms with Crippen molar-refractivity contribution in [2.24, 2.45) is 0 Å². The van der Waals surface area contributed by atoms with Crippen LogP contribution in [0.15, 0.2) is 29.2 Å². The predicted octanol–water partition coefficient (Wildman–Crippen LogP) is 2.93. The third kappa shape index (κ3) is 3.48. The van der Waals surface area contributed by atoms with Crippen LogP contribution in [0.5, 0.6) is 0 Å². The highest BCUT2D eigenvalue weighted by atomic mass is 32.2. The molecule has 24 heavy (non-hydrogen) atoms. The van der Waals surface area contributed by atoms with Crippen LogP contribution in [-0.4, -0.2) is 35.5 Å². The first-order valence-electron chi connectivity index (χ1n) is 7.40. The molecule has 10 heteroatoms. The monoisotopic (exact) mass is 374 g/mol. The summed E-state index contributed by atoms with van der Waals surface area (Å²) in [6, 6.07) is 5.27. The fourth-order valence-corrected chi connectivity index (χ4v) is 3.33. The van der Waals surface area contributed by atoms with E-state index in [0.717, 1.165) is 18.7 Å². The van der Waals surface area contributed by atoms with Gasteiger partial charge in [-0.05, 0) is 49.3 Å². The minimum atomic E-state index is -4.55. The summed E-state index contributed by atoms with van der Waals surface area (Å²) in [5.74, 6) is -1.99. The average Bonchev–Trinajstić information content (AvgIpc) is 3.33. The predicted molar refractivity (Wildman–Crippen MR) is 87.5 cm³/mol. The van der Waals surface area contributed by atoms with Gasteiger partial charge >= 0.3 is 5.76 Å². The number of alkyl halides is 2. The fraction of sp³-hybridized carbons (Fsp3) is 0.429. The van der Waals surface area contributed by atoms with Crippen molar-refractivity contribution in [1.82, 2.24) is 14.8 Å². The van der Waals surface area contributed by atoms with Gasteiger partial charge in [-0.2, -0.15) is 13.9 Å². The van der Waals surface area contributed by atoms with E-state index in [9.17, 15) is 17.2 Å². The molecule has 1 aromatic heterocycles. The van der Waals surface area contributed by atoms with E-state index in [1.165, 1.54) is 24.3 Å². The maximum atomic E-state index is 12.5. The molecule has 0 saturated heterocycles. The van der Waals surface area contributed by atoms with Crippen LogP contribution in [-0.2, 0) is 16.4 Å². The van der Waals surface area contributed by atoms with Crippen LogP contribution in [0, 0.1) is 4.77 Å². The molecule has 3 rings (SSSR count). The van der Waals surface area contributed by atoms with E-state index in [2.05, 4.69) is 15.5 Å². The average molecular weight is 374 g/mol. The molecule has 1 aromatic carbocycles. The fourth-order valence-electron chi connectivity index (χ4n) is 2.38. The summed E-state index contributed by atoms with van der Waals surface area (Å²) in [4.78, 5) is -0.392. The van der Waals surface area contributed by atoms with Gasteiger partial charge in [0.05, 0.1) is 4.90 Å². The van der Waals surface area contributed by atoms with Crippen molar-refractivity contribution in [1.29, 1.82) is 0 Å². The maximum Gasteiger partial charge on any atom is 0.341 e. The molecule has 1 aliphatic rings. The summed E-state index contributed by atoms with van der Waals surface area (Å²) >= 11 is 5.21. The van der Waals surface area contributed by atoms with E-state index in [-0.39, 0.29) is 0 Å². The highest BCUT2D eigenvalue weighted by Gasteiger charge is 2.29. The zero-order chi connectivity index (χ0) is 17.3. The highest BCUT2D eigenvalue weighted by molar-refractivity contribution is 7.91. The zero-order valence-electron chi connectivity index (χ0n) is 12.6. The van der Waals surface area contributed by atoms with Crippen LogP contribution < -0.4 is 5.32 Å². The Balaban J connectivity index is 1.62. The normalized spacial score (nSPS) is 15.0. The lowest BCUT2D eigenvalue weighted by Crippen LogP contribution is -2.13. The molecular formula is C14H16F2N4O2S2.